The van der Waals surface area contributed by atoms with Crippen LogP contribution >= 0.6 is 0 Å². The summed E-state index contributed by atoms with van der Waals surface area (Å²) in [5, 5.41) is 7.38. The van der Waals surface area contributed by atoms with Crippen LogP contribution in [0.2, 0.25) is 0 Å². The Morgan fingerprint density at radius 1 is 0.814 bits per heavy atom. The molecule has 0 atom stereocenters. The van der Waals surface area contributed by atoms with Gasteiger partial charge in [-0.25, -0.2) is 9.97 Å². The van der Waals surface area contributed by atoms with E-state index in [9.17, 15) is 4.79 Å². The van der Waals surface area contributed by atoms with Crippen molar-refractivity contribution in [2.45, 2.75) is 110 Å². The Morgan fingerprint density at radius 2 is 1.51 bits per heavy atom. The molecule has 0 saturated carbocycles. The zero-order valence-electron chi connectivity index (χ0n) is 26.8. The van der Waals surface area contributed by atoms with Crippen molar-refractivity contribution in [3.8, 4) is 0 Å². The van der Waals surface area contributed by atoms with E-state index in [0.717, 1.165) is 61.0 Å². The number of carbonyl (C=O) groups excluding carboxylic acids is 1. The molecule has 0 fully saturated rings. The largest absolute Gasteiger partial charge is 0.410 e. The topological polar surface area (TPSA) is 116 Å². The summed E-state index contributed by atoms with van der Waals surface area (Å²) >= 11 is 0. The molecule has 0 aliphatic heterocycles. The van der Waals surface area contributed by atoms with Crippen molar-refractivity contribution in [2.75, 3.05) is 45.2 Å². The summed E-state index contributed by atoms with van der Waals surface area (Å²) in [5.41, 5.74) is 8.58. The lowest BCUT2D eigenvalue weighted by Crippen LogP contribution is -2.29. The maximum Gasteiger partial charge on any atom is 0.220 e. The summed E-state index contributed by atoms with van der Waals surface area (Å²) < 4.78 is 7.54. The second-order valence-corrected chi connectivity index (χ2v) is 11.5. The van der Waals surface area contributed by atoms with Crippen molar-refractivity contribution in [2.24, 2.45) is 0 Å². The maximum atomic E-state index is 12.1. The average molecular weight is 597 g/mol. The molecule has 2 heterocycles. The van der Waals surface area contributed by atoms with E-state index in [2.05, 4.69) is 29.5 Å². The molecule has 0 spiro atoms. The molecule has 0 unspecified atom stereocenters. The Balaban J connectivity index is 1.23. The molecule has 240 valence electrons. The van der Waals surface area contributed by atoms with Crippen LogP contribution in [-0.4, -0.2) is 60.1 Å². The van der Waals surface area contributed by atoms with Crippen molar-refractivity contribution in [1.29, 1.82) is 0 Å². The van der Waals surface area contributed by atoms with Gasteiger partial charge in [-0.1, -0.05) is 96.3 Å². The first-order valence-electron chi connectivity index (χ1n) is 16.9. The average Bonchev–Trinajstić information content (AvgIpc) is 3.38. The minimum absolute atomic E-state index is 0.0733. The van der Waals surface area contributed by atoms with Crippen molar-refractivity contribution >= 4 is 33.7 Å². The third kappa shape index (κ3) is 12.3. The first-order valence-corrected chi connectivity index (χ1v) is 16.9. The molecule has 0 saturated heterocycles. The van der Waals surface area contributed by atoms with Crippen molar-refractivity contribution in [3.63, 3.8) is 0 Å². The number of ether oxygens (including phenoxy) is 1. The number of hydrogen-bond acceptors (Lipinski definition) is 7. The molecule has 3 rings (SSSR count). The molecule has 9 heteroatoms. The summed E-state index contributed by atoms with van der Waals surface area (Å²) in [6.07, 6.45) is 17.8. The lowest BCUT2D eigenvalue weighted by molar-refractivity contribution is -0.121. The lowest BCUT2D eigenvalue weighted by atomic mass is 10.1. The van der Waals surface area contributed by atoms with Crippen LogP contribution in [0.1, 0.15) is 110 Å². The van der Waals surface area contributed by atoms with Gasteiger partial charge in [-0.3, -0.25) is 4.79 Å². The molecule has 0 aliphatic carbocycles. The number of nitrogen functional groups attached to an aromatic ring is 1. The van der Waals surface area contributed by atoms with Gasteiger partial charge in [0.1, 0.15) is 23.5 Å². The van der Waals surface area contributed by atoms with Crippen molar-refractivity contribution in [1.82, 2.24) is 25.3 Å². The maximum absolute atomic E-state index is 12.1. The number of rotatable bonds is 25. The Labute approximate surface area is 258 Å². The first-order chi connectivity index (χ1) is 21.2. The van der Waals surface area contributed by atoms with Gasteiger partial charge < -0.3 is 25.9 Å². The molecule has 9 nitrogen and oxygen atoms in total. The molecule has 0 radical (unpaired) electrons. The predicted octanol–water partition coefficient (Wildman–Crippen LogP) is 6.36. The van der Waals surface area contributed by atoms with Gasteiger partial charge in [-0.2, -0.15) is 4.73 Å². The smallest absolute Gasteiger partial charge is 0.220 e. The van der Waals surface area contributed by atoms with Gasteiger partial charge in [0.2, 0.25) is 5.91 Å². The van der Waals surface area contributed by atoms with Gasteiger partial charge in [-0.15, -0.1) is 0 Å². The molecular weight excluding hydrogens is 540 g/mol. The highest BCUT2D eigenvalue weighted by Crippen LogP contribution is 2.28. The van der Waals surface area contributed by atoms with E-state index >= 15 is 0 Å². The van der Waals surface area contributed by atoms with E-state index < -0.39 is 0 Å². The number of fused-ring (bicyclic) bond motifs is 3. The van der Waals surface area contributed by atoms with Crippen LogP contribution in [0, 0.1) is 0 Å². The van der Waals surface area contributed by atoms with Crippen LogP contribution in [0.5, 0.6) is 0 Å². The van der Waals surface area contributed by atoms with E-state index in [1.54, 1.807) is 4.73 Å². The van der Waals surface area contributed by atoms with Crippen molar-refractivity contribution < 1.29 is 14.4 Å². The summed E-state index contributed by atoms with van der Waals surface area (Å²) in [7, 11) is 0. The van der Waals surface area contributed by atoms with Gasteiger partial charge in [0.05, 0.1) is 18.7 Å². The number of hydrogen-bond donors (Lipinski definition) is 3. The van der Waals surface area contributed by atoms with E-state index in [1.807, 2.05) is 24.3 Å². The molecule has 1 amide bonds. The number of carbonyl (C=O) groups is 1. The normalized spacial score (nSPS) is 11.5. The second-order valence-electron chi connectivity index (χ2n) is 11.5. The summed E-state index contributed by atoms with van der Waals surface area (Å²) in [4.78, 5) is 27.6. The molecule has 3 aromatic rings. The highest BCUT2D eigenvalue weighted by atomic mass is 16.7. The van der Waals surface area contributed by atoms with E-state index in [4.69, 9.17) is 20.3 Å². The fraction of sp³-hybridized carbons (Fsp3) is 0.676. The number of nitrogens with two attached hydrogens (primary N) is 1. The predicted molar refractivity (Wildman–Crippen MR) is 177 cm³/mol. The highest BCUT2D eigenvalue weighted by molar-refractivity contribution is 6.06. The molecule has 2 aromatic heterocycles. The Hall–Kier alpha value is -2.91. The van der Waals surface area contributed by atoms with Crippen LogP contribution in [0.15, 0.2) is 24.3 Å². The number of unbranched alkanes of at least 4 members (excludes halogenated alkanes) is 10. The van der Waals surface area contributed by atoms with Gasteiger partial charge >= 0.3 is 0 Å². The lowest BCUT2D eigenvalue weighted by Gasteiger charge is -2.13. The zero-order valence-corrected chi connectivity index (χ0v) is 26.8. The molecule has 43 heavy (non-hydrogen) atoms. The van der Waals surface area contributed by atoms with E-state index in [0.29, 0.717) is 44.1 Å². The highest BCUT2D eigenvalue weighted by Gasteiger charge is 2.18. The van der Waals surface area contributed by atoms with Gasteiger partial charge in [0, 0.05) is 24.8 Å². The fourth-order valence-electron chi connectivity index (χ4n) is 5.33. The van der Waals surface area contributed by atoms with Crippen molar-refractivity contribution in [3.05, 3.63) is 30.1 Å². The molecule has 0 bridgehead atoms. The summed E-state index contributed by atoms with van der Waals surface area (Å²) in [6, 6.07) is 7.89. The van der Waals surface area contributed by atoms with E-state index in [-0.39, 0.29) is 5.91 Å². The first kappa shape index (κ1) is 34.6. The van der Waals surface area contributed by atoms with Crippen LogP contribution in [0.3, 0.4) is 0 Å². The Morgan fingerprint density at radius 3 is 2.28 bits per heavy atom. The number of pyridine rings is 1. The number of nitrogens with zero attached hydrogens (tertiary/aromatic N) is 3. The fourth-order valence-corrected chi connectivity index (χ4v) is 5.33. The number of aryl methyl sites for hydroxylation is 1. The Kier molecular flexibility index (Phi) is 16.8. The molecule has 0 aliphatic rings. The second kappa shape index (κ2) is 20.9. The third-order valence-corrected chi connectivity index (χ3v) is 7.78. The molecule has 4 N–H and O–H groups in total. The molecular formula is C34H56N6O3. The van der Waals surface area contributed by atoms with Crippen LogP contribution in [0.4, 0.5) is 5.82 Å². The summed E-state index contributed by atoms with van der Waals surface area (Å²) in [6.45, 7) is 8.06. The van der Waals surface area contributed by atoms with Crippen LogP contribution in [0.25, 0.3) is 21.9 Å². The van der Waals surface area contributed by atoms with Gasteiger partial charge in [0.15, 0.2) is 5.82 Å². The van der Waals surface area contributed by atoms with Crippen LogP contribution < -0.4 is 21.2 Å². The SMILES string of the molecule is CCCCCCCCCCCCNCCCC(=O)NCCOCCOn1c(CCCC)nc2c(N)nc3ccccc3c21. The minimum Gasteiger partial charge on any atom is -0.410 e. The monoisotopic (exact) mass is 596 g/mol. The number of anilines is 1. The number of aromatic nitrogens is 3. The Bertz CT molecular complexity index is 1200. The quantitative estimate of drug-likeness (QED) is 0.0975. The van der Waals surface area contributed by atoms with Gasteiger partial charge in [-0.05, 0) is 38.4 Å². The van der Waals surface area contributed by atoms with E-state index in [1.165, 1.54) is 64.2 Å². The standard InChI is InChI=1S/C34H56N6O3/c1-3-5-7-8-9-10-11-12-13-16-22-36-23-17-21-31(41)37-24-25-42-26-27-43-40-30(20-6-4-2)39-32-33(40)28-18-14-15-19-29(28)38-34(32)35/h14-15,18-19,36H,3-13,16-17,20-27H2,1-2H3,(H2,35,38)(H,37,41). The summed E-state index contributed by atoms with van der Waals surface area (Å²) in [5.74, 6) is 1.32. The van der Waals surface area contributed by atoms with Crippen LogP contribution in [-0.2, 0) is 16.0 Å². The van der Waals surface area contributed by atoms with Gasteiger partial charge in [0.25, 0.3) is 0 Å². The number of imidazole rings is 1. The number of benzene rings is 1. The number of nitrogens with one attached hydrogen (secondary N) is 2. The number of para-hydroxylation sites is 1. The zero-order chi connectivity index (χ0) is 30.5. The third-order valence-electron chi connectivity index (χ3n) is 7.78. The molecule has 1 aromatic carbocycles. The minimum atomic E-state index is 0.0733. The number of amides is 1.